The van der Waals surface area contributed by atoms with E-state index in [9.17, 15) is 14.4 Å². The topological polar surface area (TPSA) is 104 Å². The van der Waals surface area contributed by atoms with Crippen molar-refractivity contribution in [3.8, 4) is 17.2 Å². The molecule has 8 heteroatoms. The van der Waals surface area contributed by atoms with E-state index in [0.29, 0.717) is 23.5 Å². The van der Waals surface area contributed by atoms with Gasteiger partial charge in [-0.2, -0.15) is 0 Å². The van der Waals surface area contributed by atoms with Gasteiger partial charge < -0.3 is 23.9 Å². The maximum Gasteiger partial charge on any atom is 0.349 e. The van der Waals surface area contributed by atoms with Gasteiger partial charge in [0.2, 0.25) is 0 Å². The Bertz CT molecular complexity index is 1560. The highest BCUT2D eigenvalue weighted by molar-refractivity contribution is 5.97. The van der Waals surface area contributed by atoms with Crippen molar-refractivity contribution in [2.45, 2.75) is 26.3 Å². The fraction of sp³-hybridized carbons (Fsp3) is 0.194. The summed E-state index contributed by atoms with van der Waals surface area (Å²) in [6, 6.07) is 20.5. The van der Waals surface area contributed by atoms with Crippen molar-refractivity contribution in [3.05, 3.63) is 106 Å². The van der Waals surface area contributed by atoms with Crippen LogP contribution in [0.15, 0.2) is 88.1 Å². The van der Waals surface area contributed by atoms with Crippen LogP contribution in [0.3, 0.4) is 0 Å². The zero-order chi connectivity index (χ0) is 27.8. The fourth-order valence-corrected chi connectivity index (χ4v) is 3.85. The molecule has 0 saturated carbocycles. The lowest BCUT2D eigenvalue weighted by molar-refractivity contribution is -0.128. The largest absolute Gasteiger partial charge is 0.493 e. The number of carbonyl (C=O) groups is 2. The third kappa shape index (κ3) is 6.93. The molecule has 0 aliphatic heterocycles. The molecule has 0 bridgehead atoms. The molecule has 0 aliphatic carbocycles. The molecule has 0 fully saturated rings. The Morgan fingerprint density at radius 1 is 1.00 bits per heavy atom. The number of nitrogens with one attached hydrogen (secondary N) is 1. The summed E-state index contributed by atoms with van der Waals surface area (Å²) in [7, 11) is 1.55. The van der Waals surface area contributed by atoms with Crippen LogP contribution in [0.1, 0.15) is 47.8 Å². The van der Waals surface area contributed by atoms with Crippen LogP contribution in [0.2, 0.25) is 0 Å². The Morgan fingerprint density at radius 3 is 2.54 bits per heavy atom. The lowest BCUT2D eigenvalue weighted by Gasteiger charge is -2.14. The van der Waals surface area contributed by atoms with Gasteiger partial charge in [0.25, 0.3) is 5.91 Å². The molecule has 4 rings (SSSR count). The van der Waals surface area contributed by atoms with Crippen molar-refractivity contribution in [3.63, 3.8) is 0 Å². The Morgan fingerprint density at radius 2 is 1.79 bits per heavy atom. The number of fused-ring (bicyclic) bond motifs is 1. The van der Waals surface area contributed by atoms with Gasteiger partial charge in [-0.05, 0) is 60.9 Å². The second-order valence-electron chi connectivity index (χ2n) is 8.77. The number of ether oxygens (including phenoxy) is 3. The Hall–Kier alpha value is -4.85. The first kappa shape index (κ1) is 27.2. The highest BCUT2D eigenvalue weighted by Gasteiger charge is 2.17. The van der Waals surface area contributed by atoms with Crippen LogP contribution in [0.5, 0.6) is 17.2 Å². The van der Waals surface area contributed by atoms with Crippen LogP contribution in [-0.2, 0) is 4.79 Å². The molecule has 3 aromatic carbocycles. The van der Waals surface area contributed by atoms with Crippen LogP contribution in [0.25, 0.3) is 17.0 Å². The van der Waals surface area contributed by atoms with Gasteiger partial charge in [-0.1, -0.05) is 43.3 Å². The van der Waals surface area contributed by atoms with Crippen LogP contribution in [0, 0.1) is 0 Å². The molecule has 1 aromatic heterocycles. The zero-order valence-corrected chi connectivity index (χ0v) is 21.9. The van der Waals surface area contributed by atoms with E-state index in [1.807, 2.05) is 44.2 Å². The molecule has 1 heterocycles. The molecule has 0 spiro atoms. The van der Waals surface area contributed by atoms with Gasteiger partial charge in [-0.3, -0.25) is 4.79 Å². The Kier molecular flexibility index (Phi) is 8.78. The van der Waals surface area contributed by atoms with E-state index >= 15 is 0 Å². The standard InChI is InChI=1S/C31H29NO7/c1-4-16-37-26-14-10-21(17-28(26)36-3)11-15-29(33)38-24-13-12-23-18-25(31(35)39-27(23)19-24)30(34)32-20(2)22-8-6-5-7-9-22/h5-15,17-20H,4,16H2,1-3H3,(H,32,34)/b15-11+. The monoisotopic (exact) mass is 527 g/mol. The van der Waals surface area contributed by atoms with Gasteiger partial charge in [0, 0.05) is 17.5 Å². The minimum absolute atomic E-state index is 0.112. The Balaban J connectivity index is 1.44. The van der Waals surface area contributed by atoms with Crippen molar-refractivity contribution < 1.29 is 28.2 Å². The third-order valence-corrected chi connectivity index (χ3v) is 5.88. The van der Waals surface area contributed by atoms with E-state index in [1.165, 1.54) is 18.2 Å². The van der Waals surface area contributed by atoms with Crippen LogP contribution < -0.4 is 25.2 Å². The van der Waals surface area contributed by atoms with Gasteiger partial charge in [-0.25, -0.2) is 9.59 Å². The summed E-state index contributed by atoms with van der Waals surface area (Å²) in [6.45, 7) is 4.42. The molecular formula is C31H29NO7. The first-order valence-corrected chi connectivity index (χ1v) is 12.5. The number of hydrogen-bond acceptors (Lipinski definition) is 7. The van der Waals surface area contributed by atoms with Crippen molar-refractivity contribution in [2.24, 2.45) is 0 Å². The normalized spacial score (nSPS) is 11.8. The predicted octanol–water partition coefficient (Wildman–Crippen LogP) is 5.70. The van der Waals surface area contributed by atoms with Crippen LogP contribution in [-0.4, -0.2) is 25.6 Å². The summed E-state index contributed by atoms with van der Waals surface area (Å²) in [5.41, 5.74) is 0.927. The summed E-state index contributed by atoms with van der Waals surface area (Å²) in [5, 5.41) is 3.33. The first-order valence-electron chi connectivity index (χ1n) is 12.5. The third-order valence-electron chi connectivity index (χ3n) is 5.88. The molecule has 1 atom stereocenters. The summed E-state index contributed by atoms with van der Waals surface area (Å²) >= 11 is 0. The summed E-state index contributed by atoms with van der Waals surface area (Å²) in [4.78, 5) is 37.7. The number of hydrogen-bond donors (Lipinski definition) is 1. The highest BCUT2D eigenvalue weighted by Crippen LogP contribution is 2.29. The maximum absolute atomic E-state index is 12.7. The van der Waals surface area contributed by atoms with E-state index in [-0.39, 0.29) is 22.9 Å². The second-order valence-corrected chi connectivity index (χ2v) is 8.77. The fourth-order valence-electron chi connectivity index (χ4n) is 3.85. The quantitative estimate of drug-likeness (QED) is 0.122. The molecule has 4 aromatic rings. The van der Waals surface area contributed by atoms with E-state index in [0.717, 1.165) is 17.5 Å². The van der Waals surface area contributed by atoms with Gasteiger partial charge in [-0.15, -0.1) is 0 Å². The average Bonchev–Trinajstić information content (AvgIpc) is 2.95. The van der Waals surface area contributed by atoms with Crippen molar-refractivity contribution in [2.75, 3.05) is 13.7 Å². The number of esters is 1. The van der Waals surface area contributed by atoms with E-state index < -0.39 is 17.5 Å². The van der Waals surface area contributed by atoms with E-state index in [2.05, 4.69) is 5.32 Å². The van der Waals surface area contributed by atoms with E-state index in [1.54, 1.807) is 43.5 Å². The zero-order valence-electron chi connectivity index (χ0n) is 21.9. The summed E-state index contributed by atoms with van der Waals surface area (Å²) in [6.07, 6.45) is 3.75. The molecule has 1 amide bonds. The number of methoxy groups -OCH3 is 1. The summed E-state index contributed by atoms with van der Waals surface area (Å²) in [5.74, 6) is 0.224. The van der Waals surface area contributed by atoms with E-state index in [4.69, 9.17) is 18.6 Å². The molecule has 1 unspecified atom stereocenters. The molecular weight excluding hydrogens is 498 g/mol. The second kappa shape index (κ2) is 12.6. The van der Waals surface area contributed by atoms with Gasteiger partial charge in [0.15, 0.2) is 11.5 Å². The number of benzene rings is 3. The molecule has 0 radical (unpaired) electrons. The predicted molar refractivity (Wildman–Crippen MR) is 148 cm³/mol. The SMILES string of the molecule is CCCOc1ccc(/C=C/C(=O)Oc2ccc3cc(C(=O)NC(C)c4ccccc4)c(=O)oc3c2)cc1OC. The molecule has 1 N–H and O–H groups in total. The molecule has 0 aliphatic rings. The van der Waals surface area contributed by atoms with Gasteiger partial charge in [0.1, 0.15) is 16.9 Å². The Labute approximate surface area is 225 Å². The number of amides is 1. The summed E-state index contributed by atoms with van der Waals surface area (Å²) < 4.78 is 21.7. The highest BCUT2D eigenvalue weighted by atomic mass is 16.5. The van der Waals surface area contributed by atoms with Crippen molar-refractivity contribution in [1.82, 2.24) is 5.32 Å². The number of carbonyl (C=O) groups excluding carboxylic acids is 2. The van der Waals surface area contributed by atoms with Crippen LogP contribution >= 0.6 is 0 Å². The molecule has 8 nitrogen and oxygen atoms in total. The molecule has 39 heavy (non-hydrogen) atoms. The maximum atomic E-state index is 12.7. The minimum Gasteiger partial charge on any atom is -0.493 e. The van der Waals surface area contributed by atoms with Gasteiger partial charge >= 0.3 is 11.6 Å². The average molecular weight is 528 g/mol. The van der Waals surface area contributed by atoms with Crippen molar-refractivity contribution >= 4 is 28.9 Å². The minimum atomic E-state index is -0.788. The molecule has 0 saturated heterocycles. The smallest absolute Gasteiger partial charge is 0.349 e. The van der Waals surface area contributed by atoms with Crippen LogP contribution in [0.4, 0.5) is 0 Å². The molecule has 200 valence electrons. The van der Waals surface area contributed by atoms with Gasteiger partial charge in [0.05, 0.1) is 19.8 Å². The van der Waals surface area contributed by atoms with Crippen molar-refractivity contribution in [1.29, 1.82) is 0 Å². The first-order chi connectivity index (χ1) is 18.9. The lowest BCUT2D eigenvalue weighted by Crippen LogP contribution is -2.30. The number of rotatable bonds is 10. The lowest BCUT2D eigenvalue weighted by atomic mass is 10.1.